The molecule has 6 nitrogen and oxygen atoms in total. The number of rotatable bonds is 6. The largest absolute Gasteiger partial charge is 0.409 e. The fourth-order valence-electron chi connectivity index (χ4n) is 3.16. The molecule has 0 bridgehead atoms. The van der Waals surface area contributed by atoms with Gasteiger partial charge in [-0.2, -0.15) is 0 Å². The normalized spacial score (nSPS) is 19.5. The molecule has 2 heterocycles. The molecular formula is C17H22ClN3O3S2. The fourth-order valence-corrected chi connectivity index (χ4v) is 5.29. The van der Waals surface area contributed by atoms with Crippen LogP contribution in [0, 0.1) is 10.8 Å². The Morgan fingerprint density at radius 1 is 1.46 bits per heavy atom. The van der Waals surface area contributed by atoms with E-state index in [-0.39, 0.29) is 22.4 Å². The standard InChI is InChI=1S/C17H22ClN3O3S2/c1-12(2)9-20(15-6-7-26(22,23)10-15)11-21-17(25)24-16(19-21)13-4-3-5-14(18)8-13/h3-5,8,12,15H,6-7,9-11H2,1-2H3. The van der Waals surface area contributed by atoms with Crippen LogP contribution in [-0.2, 0) is 16.5 Å². The lowest BCUT2D eigenvalue weighted by Crippen LogP contribution is -2.40. The Hall–Kier alpha value is -1.22. The zero-order valence-electron chi connectivity index (χ0n) is 14.8. The molecule has 3 rings (SSSR count). The van der Waals surface area contributed by atoms with Crippen LogP contribution in [0.25, 0.3) is 11.5 Å². The van der Waals surface area contributed by atoms with E-state index in [0.29, 0.717) is 29.9 Å². The summed E-state index contributed by atoms with van der Waals surface area (Å²) in [7, 11) is -2.96. The summed E-state index contributed by atoms with van der Waals surface area (Å²) >= 11 is 11.3. The van der Waals surface area contributed by atoms with Gasteiger partial charge in [-0.25, -0.2) is 13.1 Å². The summed E-state index contributed by atoms with van der Waals surface area (Å²) in [6, 6.07) is 7.20. The van der Waals surface area contributed by atoms with Crippen LogP contribution in [0.1, 0.15) is 20.3 Å². The van der Waals surface area contributed by atoms with Crippen LogP contribution in [0.4, 0.5) is 0 Å². The first-order chi connectivity index (χ1) is 12.2. The lowest BCUT2D eigenvalue weighted by Gasteiger charge is -2.29. The summed E-state index contributed by atoms with van der Waals surface area (Å²) in [5.74, 6) is 1.23. The molecule has 1 saturated heterocycles. The Kier molecular flexibility index (Phi) is 5.86. The third kappa shape index (κ3) is 4.73. The lowest BCUT2D eigenvalue weighted by molar-refractivity contribution is 0.136. The molecule has 142 valence electrons. The van der Waals surface area contributed by atoms with Gasteiger partial charge in [0.1, 0.15) is 0 Å². The maximum absolute atomic E-state index is 11.9. The summed E-state index contributed by atoms with van der Waals surface area (Å²) in [5.41, 5.74) is 0.751. The Morgan fingerprint density at radius 3 is 2.85 bits per heavy atom. The molecule has 1 unspecified atom stereocenters. The SMILES string of the molecule is CC(C)CN(Cn1nc(-c2cccc(Cl)c2)oc1=S)C1CCS(=O)(=O)C1. The minimum atomic E-state index is -2.96. The molecule has 0 amide bonds. The predicted molar refractivity (Wildman–Crippen MR) is 104 cm³/mol. The first kappa shape index (κ1) is 19.5. The van der Waals surface area contributed by atoms with Gasteiger partial charge in [0.2, 0.25) is 5.89 Å². The van der Waals surface area contributed by atoms with E-state index in [0.717, 1.165) is 12.1 Å². The number of halogens is 1. The van der Waals surface area contributed by atoms with Crippen LogP contribution in [0.2, 0.25) is 5.02 Å². The molecular weight excluding hydrogens is 394 g/mol. The van der Waals surface area contributed by atoms with Crippen molar-refractivity contribution in [1.82, 2.24) is 14.7 Å². The topological polar surface area (TPSA) is 68.3 Å². The minimum Gasteiger partial charge on any atom is -0.409 e. The summed E-state index contributed by atoms with van der Waals surface area (Å²) in [5, 5.41) is 5.07. The highest BCUT2D eigenvalue weighted by molar-refractivity contribution is 7.91. The molecule has 0 saturated carbocycles. The lowest BCUT2D eigenvalue weighted by atomic mass is 10.1. The molecule has 0 N–H and O–H groups in total. The van der Waals surface area contributed by atoms with Crippen molar-refractivity contribution in [3.8, 4) is 11.5 Å². The zero-order chi connectivity index (χ0) is 18.9. The van der Waals surface area contributed by atoms with Gasteiger partial charge in [-0.1, -0.05) is 31.5 Å². The molecule has 1 aliphatic heterocycles. The molecule has 26 heavy (non-hydrogen) atoms. The van der Waals surface area contributed by atoms with Crippen LogP contribution in [0.3, 0.4) is 0 Å². The highest BCUT2D eigenvalue weighted by Crippen LogP contribution is 2.23. The maximum Gasteiger partial charge on any atom is 0.288 e. The van der Waals surface area contributed by atoms with E-state index in [1.807, 2.05) is 12.1 Å². The van der Waals surface area contributed by atoms with Crippen molar-refractivity contribution >= 4 is 33.7 Å². The quantitative estimate of drug-likeness (QED) is 0.671. The van der Waals surface area contributed by atoms with E-state index in [1.54, 1.807) is 16.8 Å². The smallest absolute Gasteiger partial charge is 0.288 e. The molecule has 0 radical (unpaired) electrons. The van der Waals surface area contributed by atoms with E-state index in [1.165, 1.54) is 0 Å². The van der Waals surface area contributed by atoms with Gasteiger partial charge in [0.25, 0.3) is 4.84 Å². The van der Waals surface area contributed by atoms with Gasteiger partial charge < -0.3 is 4.42 Å². The predicted octanol–water partition coefficient (Wildman–Crippen LogP) is 3.63. The Balaban J connectivity index is 1.84. The number of sulfone groups is 1. The second-order valence-corrected chi connectivity index (χ2v) is 10.1. The molecule has 1 atom stereocenters. The third-order valence-electron chi connectivity index (χ3n) is 4.32. The highest BCUT2D eigenvalue weighted by Gasteiger charge is 2.33. The molecule has 9 heteroatoms. The second-order valence-electron chi connectivity index (χ2n) is 7.05. The molecule has 1 fully saturated rings. The summed E-state index contributed by atoms with van der Waals surface area (Å²) < 4.78 is 31.0. The highest BCUT2D eigenvalue weighted by atomic mass is 35.5. The number of hydrogen-bond donors (Lipinski definition) is 0. The van der Waals surface area contributed by atoms with Gasteiger partial charge in [-0.15, -0.1) is 5.10 Å². The summed E-state index contributed by atoms with van der Waals surface area (Å²) in [4.78, 5) is 2.39. The number of aromatic nitrogens is 2. The van der Waals surface area contributed by atoms with Crippen LogP contribution in [0.5, 0.6) is 0 Å². The van der Waals surface area contributed by atoms with Crippen molar-refractivity contribution in [2.45, 2.75) is 33.0 Å². The molecule has 1 aromatic heterocycles. The van der Waals surface area contributed by atoms with Gasteiger partial charge in [0.15, 0.2) is 9.84 Å². The van der Waals surface area contributed by atoms with Gasteiger partial charge in [-0.3, -0.25) is 4.90 Å². The average Bonchev–Trinajstić information content (AvgIpc) is 3.09. The molecule has 1 aromatic carbocycles. The van der Waals surface area contributed by atoms with Gasteiger partial charge in [-0.05, 0) is 42.8 Å². The van der Waals surface area contributed by atoms with Crippen LogP contribution >= 0.6 is 23.8 Å². The van der Waals surface area contributed by atoms with Crippen molar-refractivity contribution < 1.29 is 12.8 Å². The van der Waals surface area contributed by atoms with E-state index < -0.39 is 9.84 Å². The van der Waals surface area contributed by atoms with Crippen LogP contribution in [0.15, 0.2) is 28.7 Å². The van der Waals surface area contributed by atoms with Crippen molar-refractivity contribution in [2.24, 2.45) is 5.92 Å². The van der Waals surface area contributed by atoms with Crippen molar-refractivity contribution in [3.63, 3.8) is 0 Å². The Morgan fingerprint density at radius 2 is 2.23 bits per heavy atom. The van der Waals surface area contributed by atoms with Crippen LogP contribution in [-0.4, -0.2) is 47.2 Å². The summed E-state index contributed by atoms with van der Waals surface area (Å²) in [6.45, 7) is 5.38. The number of benzene rings is 1. The van der Waals surface area contributed by atoms with Crippen molar-refractivity contribution in [1.29, 1.82) is 0 Å². The van der Waals surface area contributed by atoms with E-state index in [2.05, 4.69) is 23.8 Å². The van der Waals surface area contributed by atoms with Crippen molar-refractivity contribution in [2.75, 3.05) is 18.1 Å². The number of nitrogens with zero attached hydrogens (tertiary/aromatic N) is 3. The van der Waals surface area contributed by atoms with Gasteiger partial charge in [0.05, 0.1) is 18.2 Å². The van der Waals surface area contributed by atoms with E-state index in [9.17, 15) is 8.42 Å². The van der Waals surface area contributed by atoms with Crippen molar-refractivity contribution in [3.05, 3.63) is 34.1 Å². The van der Waals surface area contributed by atoms with Crippen LogP contribution < -0.4 is 0 Å². The third-order valence-corrected chi connectivity index (χ3v) is 6.60. The minimum absolute atomic E-state index is 0.0179. The first-order valence-corrected chi connectivity index (χ1v) is 11.1. The first-order valence-electron chi connectivity index (χ1n) is 8.52. The number of hydrogen-bond acceptors (Lipinski definition) is 6. The Labute approximate surface area is 163 Å². The maximum atomic E-state index is 11.9. The zero-order valence-corrected chi connectivity index (χ0v) is 17.1. The molecule has 0 spiro atoms. The monoisotopic (exact) mass is 415 g/mol. The van der Waals surface area contributed by atoms with Gasteiger partial charge >= 0.3 is 0 Å². The van der Waals surface area contributed by atoms with E-state index >= 15 is 0 Å². The van der Waals surface area contributed by atoms with E-state index in [4.69, 9.17) is 28.2 Å². The molecule has 1 aliphatic rings. The molecule has 2 aromatic rings. The fraction of sp³-hybridized carbons (Fsp3) is 0.529. The van der Waals surface area contributed by atoms with Gasteiger partial charge in [0, 0.05) is 23.2 Å². The second kappa shape index (κ2) is 7.80. The Bertz CT molecular complexity index is 937. The molecule has 0 aliphatic carbocycles. The average molecular weight is 416 g/mol. The summed E-state index contributed by atoms with van der Waals surface area (Å²) in [6.07, 6.45) is 0.640.